The zero-order valence-corrected chi connectivity index (χ0v) is 12.3. The first-order valence-corrected chi connectivity index (χ1v) is 6.94. The average molecular weight is 273 g/mol. The van der Waals surface area contributed by atoms with Gasteiger partial charge in [0.2, 0.25) is 0 Å². The lowest BCUT2D eigenvalue weighted by Crippen LogP contribution is -2.59. The van der Waals surface area contributed by atoms with E-state index in [1.807, 2.05) is 0 Å². The van der Waals surface area contributed by atoms with E-state index in [9.17, 15) is 0 Å². The SMILES string of the molecule is CC(=O)O.CC(C1CNCCN1C)N1CCOCC1. The van der Waals surface area contributed by atoms with Crippen molar-refractivity contribution >= 4 is 5.97 Å². The highest BCUT2D eigenvalue weighted by Gasteiger charge is 2.29. The number of likely N-dealkylation sites (N-methyl/N-ethyl adjacent to an activating group) is 1. The third-order valence-corrected chi connectivity index (χ3v) is 3.74. The molecule has 0 aliphatic carbocycles. The molecule has 19 heavy (non-hydrogen) atoms. The van der Waals surface area contributed by atoms with Gasteiger partial charge in [-0.25, -0.2) is 0 Å². The van der Waals surface area contributed by atoms with Gasteiger partial charge in [0, 0.05) is 51.7 Å². The highest BCUT2D eigenvalue weighted by Crippen LogP contribution is 2.13. The lowest BCUT2D eigenvalue weighted by molar-refractivity contribution is -0.134. The third-order valence-electron chi connectivity index (χ3n) is 3.74. The Balaban J connectivity index is 0.000000399. The Labute approximate surface area is 115 Å². The first-order chi connectivity index (χ1) is 9.02. The van der Waals surface area contributed by atoms with Crippen LogP contribution in [0.4, 0.5) is 0 Å². The molecule has 2 atom stereocenters. The Morgan fingerprint density at radius 2 is 1.95 bits per heavy atom. The number of hydrogen-bond acceptors (Lipinski definition) is 5. The fraction of sp³-hybridized carbons (Fsp3) is 0.923. The zero-order valence-electron chi connectivity index (χ0n) is 12.3. The molecule has 0 radical (unpaired) electrons. The minimum Gasteiger partial charge on any atom is -0.481 e. The Bertz CT molecular complexity index is 266. The lowest BCUT2D eigenvalue weighted by atomic mass is 10.0. The minimum atomic E-state index is -0.833. The number of rotatable bonds is 2. The second kappa shape index (κ2) is 8.47. The van der Waals surface area contributed by atoms with Gasteiger partial charge in [-0.05, 0) is 14.0 Å². The van der Waals surface area contributed by atoms with Gasteiger partial charge in [-0.2, -0.15) is 0 Å². The number of morpholine rings is 1. The molecule has 0 saturated carbocycles. The van der Waals surface area contributed by atoms with Crippen molar-refractivity contribution in [3.8, 4) is 0 Å². The van der Waals surface area contributed by atoms with Crippen molar-refractivity contribution in [1.29, 1.82) is 0 Å². The highest BCUT2D eigenvalue weighted by atomic mass is 16.5. The Morgan fingerprint density at radius 3 is 2.47 bits per heavy atom. The van der Waals surface area contributed by atoms with Crippen LogP contribution in [-0.4, -0.2) is 85.9 Å². The number of nitrogens with one attached hydrogen (secondary N) is 1. The molecule has 0 aromatic heterocycles. The molecule has 2 fully saturated rings. The van der Waals surface area contributed by atoms with E-state index in [1.165, 1.54) is 6.54 Å². The summed E-state index contributed by atoms with van der Waals surface area (Å²) in [6.45, 7) is 10.8. The number of nitrogens with zero attached hydrogens (tertiary/aromatic N) is 2. The van der Waals surface area contributed by atoms with E-state index >= 15 is 0 Å². The van der Waals surface area contributed by atoms with E-state index in [-0.39, 0.29) is 0 Å². The van der Waals surface area contributed by atoms with Crippen molar-refractivity contribution in [3.63, 3.8) is 0 Å². The molecule has 2 heterocycles. The number of ether oxygens (including phenoxy) is 1. The van der Waals surface area contributed by atoms with Crippen molar-refractivity contribution in [2.75, 3.05) is 53.0 Å². The summed E-state index contributed by atoms with van der Waals surface area (Å²) >= 11 is 0. The molecular weight excluding hydrogens is 246 g/mol. The molecule has 2 aliphatic rings. The van der Waals surface area contributed by atoms with Gasteiger partial charge in [0.05, 0.1) is 13.2 Å². The molecule has 0 spiro atoms. The van der Waals surface area contributed by atoms with Crippen molar-refractivity contribution in [3.05, 3.63) is 0 Å². The van der Waals surface area contributed by atoms with Gasteiger partial charge in [0.15, 0.2) is 0 Å². The number of carboxylic acid groups (broad SMARTS) is 1. The van der Waals surface area contributed by atoms with Gasteiger partial charge in [0.25, 0.3) is 5.97 Å². The Kier molecular flexibility index (Phi) is 7.30. The summed E-state index contributed by atoms with van der Waals surface area (Å²) in [7, 11) is 2.24. The van der Waals surface area contributed by atoms with Crippen LogP contribution in [-0.2, 0) is 9.53 Å². The van der Waals surface area contributed by atoms with Gasteiger partial charge >= 0.3 is 0 Å². The predicted molar refractivity (Wildman–Crippen MR) is 74.5 cm³/mol. The van der Waals surface area contributed by atoms with Crippen LogP contribution in [0, 0.1) is 0 Å². The van der Waals surface area contributed by atoms with Crippen molar-refractivity contribution in [2.24, 2.45) is 0 Å². The maximum atomic E-state index is 9.00. The minimum absolute atomic E-state index is 0.631. The normalized spacial score (nSPS) is 27.2. The van der Waals surface area contributed by atoms with E-state index in [2.05, 4.69) is 29.1 Å². The molecule has 0 bridgehead atoms. The van der Waals surface area contributed by atoms with Crippen LogP contribution in [0.5, 0.6) is 0 Å². The first-order valence-electron chi connectivity index (χ1n) is 6.94. The second-order valence-corrected chi connectivity index (χ2v) is 5.16. The molecule has 0 aromatic rings. The van der Waals surface area contributed by atoms with Crippen LogP contribution in [0.25, 0.3) is 0 Å². The lowest BCUT2D eigenvalue weighted by Gasteiger charge is -2.43. The summed E-state index contributed by atoms with van der Waals surface area (Å²) in [6.07, 6.45) is 0. The highest BCUT2D eigenvalue weighted by molar-refractivity contribution is 5.62. The van der Waals surface area contributed by atoms with Crippen LogP contribution >= 0.6 is 0 Å². The molecule has 6 nitrogen and oxygen atoms in total. The van der Waals surface area contributed by atoms with Crippen LogP contribution in [0.3, 0.4) is 0 Å². The molecule has 112 valence electrons. The van der Waals surface area contributed by atoms with Crippen LogP contribution in [0.2, 0.25) is 0 Å². The molecule has 0 amide bonds. The average Bonchev–Trinajstić information content (AvgIpc) is 2.39. The smallest absolute Gasteiger partial charge is 0.300 e. The van der Waals surface area contributed by atoms with Gasteiger partial charge in [-0.1, -0.05) is 0 Å². The Morgan fingerprint density at radius 1 is 1.37 bits per heavy atom. The van der Waals surface area contributed by atoms with Gasteiger partial charge in [-0.3, -0.25) is 14.6 Å². The molecule has 2 aliphatic heterocycles. The molecule has 6 heteroatoms. The summed E-state index contributed by atoms with van der Waals surface area (Å²) in [5, 5.41) is 10.9. The van der Waals surface area contributed by atoms with E-state index in [4.69, 9.17) is 14.6 Å². The molecular formula is C13H27N3O3. The van der Waals surface area contributed by atoms with Gasteiger partial charge in [0.1, 0.15) is 0 Å². The largest absolute Gasteiger partial charge is 0.481 e. The van der Waals surface area contributed by atoms with Crippen molar-refractivity contribution < 1.29 is 14.6 Å². The summed E-state index contributed by atoms with van der Waals surface area (Å²) in [4.78, 5) is 14.0. The quantitative estimate of drug-likeness (QED) is 0.720. The molecule has 2 N–H and O–H groups in total. The molecule has 2 saturated heterocycles. The van der Waals surface area contributed by atoms with E-state index in [0.29, 0.717) is 12.1 Å². The first kappa shape index (κ1) is 16.4. The summed E-state index contributed by atoms with van der Waals surface area (Å²) in [6, 6.07) is 1.28. The van der Waals surface area contributed by atoms with Crippen molar-refractivity contribution in [1.82, 2.24) is 15.1 Å². The monoisotopic (exact) mass is 273 g/mol. The molecule has 0 aromatic carbocycles. The molecule has 2 unspecified atom stereocenters. The van der Waals surface area contributed by atoms with Gasteiger partial charge < -0.3 is 15.2 Å². The predicted octanol–water partition coefficient (Wildman–Crippen LogP) is -0.298. The number of aliphatic carboxylic acids is 1. The summed E-state index contributed by atoms with van der Waals surface area (Å²) in [5.41, 5.74) is 0. The third kappa shape index (κ3) is 5.86. The number of piperazine rings is 1. The van der Waals surface area contributed by atoms with Gasteiger partial charge in [-0.15, -0.1) is 0 Å². The van der Waals surface area contributed by atoms with Crippen LogP contribution in [0.15, 0.2) is 0 Å². The standard InChI is InChI=1S/C11H23N3O.C2H4O2/c1-10(14-5-7-15-8-6-14)11-9-12-3-4-13(11)2;1-2(3)4/h10-12H,3-9H2,1-2H3;1H3,(H,3,4). The maximum absolute atomic E-state index is 9.00. The van der Waals surface area contributed by atoms with E-state index < -0.39 is 5.97 Å². The Hall–Kier alpha value is -0.690. The van der Waals surface area contributed by atoms with E-state index in [1.54, 1.807) is 0 Å². The topological polar surface area (TPSA) is 65.0 Å². The van der Waals surface area contributed by atoms with Crippen molar-refractivity contribution in [2.45, 2.75) is 25.9 Å². The summed E-state index contributed by atoms with van der Waals surface area (Å²) in [5.74, 6) is -0.833. The van der Waals surface area contributed by atoms with Crippen LogP contribution < -0.4 is 5.32 Å². The van der Waals surface area contributed by atoms with E-state index in [0.717, 1.165) is 46.3 Å². The number of carbonyl (C=O) groups is 1. The number of hydrogen-bond donors (Lipinski definition) is 2. The number of carboxylic acids is 1. The molecule has 2 rings (SSSR count). The maximum Gasteiger partial charge on any atom is 0.300 e. The fourth-order valence-electron chi connectivity index (χ4n) is 2.59. The van der Waals surface area contributed by atoms with Crippen LogP contribution in [0.1, 0.15) is 13.8 Å². The second-order valence-electron chi connectivity index (χ2n) is 5.16. The summed E-state index contributed by atoms with van der Waals surface area (Å²) < 4.78 is 5.39. The fourth-order valence-corrected chi connectivity index (χ4v) is 2.59. The zero-order chi connectivity index (χ0) is 14.3.